The average Bonchev–Trinajstić information content (AvgIpc) is 2.41. The van der Waals surface area contributed by atoms with Crippen molar-refractivity contribution in [3.63, 3.8) is 0 Å². The standard InChI is InChI=1S/C15H20N2O/c1-11-6-5-9-17-14(18)10-13(16-15(11)17)12-7-3-2-4-8-12/h2-4,7-8,11,13,15-16H,5-6,9-10H2,1H3. The Kier molecular flexibility index (Phi) is 3.08. The zero-order valence-corrected chi connectivity index (χ0v) is 10.8. The Morgan fingerprint density at radius 3 is 2.83 bits per heavy atom. The Morgan fingerprint density at radius 2 is 2.06 bits per heavy atom. The van der Waals surface area contributed by atoms with Crippen molar-refractivity contribution in [2.24, 2.45) is 5.92 Å². The van der Waals surface area contributed by atoms with E-state index in [0.29, 0.717) is 18.2 Å². The molecule has 0 saturated carbocycles. The first-order chi connectivity index (χ1) is 8.75. The lowest BCUT2D eigenvalue weighted by Gasteiger charge is -2.46. The van der Waals surface area contributed by atoms with Gasteiger partial charge in [-0.1, -0.05) is 37.3 Å². The maximum Gasteiger partial charge on any atom is 0.225 e. The van der Waals surface area contributed by atoms with Gasteiger partial charge >= 0.3 is 0 Å². The molecule has 0 aromatic heterocycles. The van der Waals surface area contributed by atoms with E-state index in [1.807, 2.05) is 23.1 Å². The molecule has 0 bridgehead atoms. The molecule has 3 rings (SSSR count). The van der Waals surface area contributed by atoms with Crippen LogP contribution in [0.5, 0.6) is 0 Å². The van der Waals surface area contributed by atoms with Gasteiger partial charge in [-0.25, -0.2) is 0 Å². The van der Waals surface area contributed by atoms with Crippen LogP contribution < -0.4 is 5.32 Å². The molecule has 3 atom stereocenters. The van der Waals surface area contributed by atoms with Crippen LogP contribution in [0.15, 0.2) is 30.3 Å². The Hall–Kier alpha value is -1.35. The maximum atomic E-state index is 12.2. The van der Waals surface area contributed by atoms with Gasteiger partial charge in [-0.05, 0) is 24.3 Å². The van der Waals surface area contributed by atoms with Crippen molar-refractivity contribution in [2.45, 2.75) is 38.4 Å². The molecule has 2 aliphatic rings. The fraction of sp³-hybridized carbons (Fsp3) is 0.533. The summed E-state index contributed by atoms with van der Waals surface area (Å²) in [5.74, 6) is 0.855. The van der Waals surface area contributed by atoms with Crippen LogP contribution in [0, 0.1) is 5.92 Å². The molecule has 1 N–H and O–H groups in total. The van der Waals surface area contributed by atoms with Crippen LogP contribution in [-0.4, -0.2) is 23.5 Å². The Morgan fingerprint density at radius 1 is 1.28 bits per heavy atom. The van der Waals surface area contributed by atoms with E-state index in [1.54, 1.807) is 0 Å². The second-order valence-electron chi connectivity index (χ2n) is 5.49. The van der Waals surface area contributed by atoms with E-state index in [-0.39, 0.29) is 12.2 Å². The maximum absolute atomic E-state index is 12.2. The second kappa shape index (κ2) is 4.73. The number of hydrogen-bond donors (Lipinski definition) is 1. The van der Waals surface area contributed by atoms with Gasteiger partial charge in [0.05, 0.1) is 6.17 Å². The van der Waals surface area contributed by atoms with Crippen molar-refractivity contribution >= 4 is 5.91 Å². The molecule has 18 heavy (non-hydrogen) atoms. The number of nitrogens with zero attached hydrogens (tertiary/aromatic N) is 1. The van der Waals surface area contributed by atoms with Crippen molar-refractivity contribution in [1.29, 1.82) is 0 Å². The monoisotopic (exact) mass is 244 g/mol. The van der Waals surface area contributed by atoms with E-state index < -0.39 is 0 Å². The number of amides is 1. The van der Waals surface area contributed by atoms with Gasteiger partial charge < -0.3 is 4.90 Å². The van der Waals surface area contributed by atoms with Gasteiger partial charge in [0.15, 0.2) is 0 Å². The van der Waals surface area contributed by atoms with Crippen LogP contribution in [0.1, 0.15) is 37.8 Å². The molecule has 0 aliphatic carbocycles. The molecule has 1 amide bonds. The Balaban J connectivity index is 1.82. The zero-order chi connectivity index (χ0) is 12.5. The highest BCUT2D eigenvalue weighted by Gasteiger charge is 2.38. The summed E-state index contributed by atoms with van der Waals surface area (Å²) in [5, 5.41) is 3.66. The molecule has 0 radical (unpaired) electrons. The summed E-state index contributed by atoms with van der Waals surface area (Å²) in [7, 11) is 0. The summed E-state index contributed by atoms with van der Waals surface area (Å²) >= 11 is 0. The largest absolute Gasteiger partial charge is 0.327 e. The van der Waals surface area contributed by atoms with Crippen molar-refractivity contribution < 1.29 is 4.79 Å². The first-order valence-electron chi connectivity index (χ1n) is 6.86. The van der Waals surface area contributed by atoms with Crippen molar-refractivity contribution in [2.75, 3.05) is 6.54 Å². The van der Waals surface area contributed by atoms with Crippen LogP contribution >= 0.6 is 0 Å². The molecular formula is C15H20N2O. The van der Waals surface area contributed by atoms with E-state index in [9.17, 15) is 4.79 Å². The van der Waals surface area contributed by atoms with E-state index in [4.69, 9.17) is 0 Å². The van der Waals surface area contributed by atoms with E-state index in [0.717, 1.165) is 13.0 Å². The highest BCUT2D eigenvalue weighted by Crippen LogP contribution is 2.31. The minimum Gasteiger partial charge on any atom is -0.327 e. The molecular weight excluding hydrogens is 224 g/mol. The number of nitrogens with one attached hydrogen (secondary N) is 1. The first kappa shape index (κ1) is 11.7. The summed E-state index contributed by atoms with van der Waals surface area (Å²) in [4.78, 5) is 14.3. The Labute approximate surface area is 108 Å². The molecule has 3 heteroatoms. The van der Waals surface area contributed by atoms with Gasteiger partial charge in [-0.15, -0.1) is 0 Å². The fourth-order valence-electron chi connectivity index (χ4n) is 3.18. The molecule has 1 aromatic rings. The van der Waals surface area contributed by atoms with Crippen molar-refractivity contribution in [3.05, 3.63) is 35.9 Å². The third kappa shape index (κ3) is 2.03. The van der Waals surface area contributed by atoms with Gasteiger partial charge in [0.1, 0.15) is 0 Å². The third-order valence-electron chi connectivity index (χ3n) is 4.21. The molecule has 2 heterocycles. The SMILES string of the molecule is CC1CCCN2C(=O)CC(c3ccccc3)NC12. The zero-order valence-electron chi connectivity index (χ0n) is 10.8. The number of carbonyl (C=O) groups is 1. The lowest BCUT2D eigenvalue weighted by Crippen LogP contribution is -2.60. The molecule has 0 spiro atoms. The molecule has 3 nitrogen and oxygen atoms in total. The number of benzene rings is 1. The van der Waals surface area contributed by atoms with Crippen LogP contribution in [-0.2, 0) is 4.79 Å². The van der Waals surface area contributed by atoms with E-state index in [1.165, 1.54) is 12.0 Å². The number of rotatable bonds is 1. The summed E-state index contributed by atoms with van der Waals surface area (Å²) in [6.07, 6.45) is 3.17. The molecule has 96 valence electrons. The molecule has 1 aromatic carbocycles. The normalized spacial score (nSPS) is 32.2. The van der Waals surface area contributed by atoms with Gasteiger partial charge in [0, 0.05) is 19.0 Å². The first-order valence-corrected chi connectivity index (χ1v) is 6.86. The average molecular weight is 244 g/mol. The van der Waals surface area contributed by atoms with Gasteiger partial charge in [0.25, 0.3) is 0 Å². The van der Waals surface area contributed by atoms with E-state index in [2.05, 4.69) is 24.4 Å². The quantitative estimate of drug-likeness (QED) is 0.822. The lowest BCUT2D eigenvalue weighted by molar-refractivity contribution is -0.142. The van der Waals surface area contributed by atoms with Gasteiger partial charge in [-0.2, -0.15) is 0 Å². The number of fused-ring (bicyclic) bond motifs is 1. The molecule has 2 fully saturated rings. The predicted molar refractivity (Wildman–Crippen MR) is 70.8 cm³/mol. The Bertz CT molecular complexity index is 431. The van der Waals surface area contributed by atoms with E-state index >= 15 is 0 Å². The molecule has 3 unspecified atom stereocenters. The second-order valence-corrected chi connectivity index (χ2v) is 5.49. The minimum absolute atomic E-state index is 0.181. The number of piperidine rings is 1. The highest BCUT2D eigenvalue weighted by molar-refractivity contribution is 5.78. The number of carbonyl (C=O) groups excluding carboxylic acids is 1. The summed E-state index contributed by atoms with van der Waals surface area (Å²) in [5.41, 5.74) is 1.23. The smallest absolute Gasteiger partial charge is 0.225 e. The van der Waals surface area contributed by atoms with Crippen molar-refractivity contribution in [1.82, 2.24) is 10.2 Å². The summed E-state index contributed by atoms with van der Waals surface area (Å²) in [6.45, 7) is 3.16. The highest BCUT2D eigenvalue weighted by atomic mass is 16.2. The number of hydrogen-bond acceptors (Lipinski definition) is 2. The fourth-order valence-corrected chi connectivity index (χ4v) is 3.18. The molecule has 2 saturated heterocycles. The minimum atomic E-state index is 0.181. The predicted octanol–water partition coefficient (Wildman–Crippen LogP) is 2.31. The molecule has 2 aliphatic heterocycles. The van der Waals surface area contributed by atoms with Gasteiger partial charge in [-0.3, -0.25) is 10.1 Å². The summed E-state index contributed by atoms with van der Waals surface area (Å²) < 4.78 is 0. The lowest BCUT2D eigenvalue weighted by atomic mass is 9.90. The van der Waals surface area contributed by atoms with Crippen LogP contribution in [0.25, 0.3) is 0 Å². The van der Waals surface area contributed by atoms with Gasteiger partial charge in [0.2, 0.25) is 5.91 Å². The summed E-state index contributed by atoms with van der Waals surface area (Å²) in [6, 6.07) is 10.5. The van der Waals surface area contributed by atoms with Crippen molar-refractivity contribution in [3.8, 4) is 0 Å². The topological polar surface area (TPSA) is 32.3 Å². The third-order valence-corrected chi connectivity index (χ3v) is 4.21. The van der Waals surface area contributed by atoms with Crippen LogP contribution in [0.3, 0.4) is 0 Å². The van der Waals surface area contributed by atoms with Crippen LogP contribution in [0.4, 0.5) is 0 Å². The van der Waals surface area contributed by atoms with Crippen LogP contribution in [0.2, 0.25) is 0 Å².